The van der Waals surface area contributed by atoms with Crippen LogP contribution in [0.3, 0.4) is 0 Å². The predicted molar refractivity (Wildman–Crippen MR) is 83.2 cm³/mol. The van der Waals surface area contributed by atoms with Gasteiger partial charge in [0.15, 0.2) is 5.65 Å². The second-order valence-electron chi connectivity index (χ2n) is 5.35. The minimum Gasteiger partial charge on any atom is -0.369 e. The fourth-order valence-corrected chi connectivity index (χ4v) is 2.94. The van der Waals surface area contributed by atoms with Crippen molar-refractivity contribution >= 4 is 28.2 Å². The topological polar surface area (TPSA) is 50.7 Å². The maximum atomic E-state index is 4.33. The molecule has 0 saturated carbocycles. The van der Waals surface area contributed by atoms with Gasteiger partial charge in [-0.15, -0.1) is 0 Å². The van der Waals surface area contributed by atoms with Crippen LogP contribution in [0.15, 0.2) is 41.5 Å². The van der Waals surface area contributed by atoms with E-state index in [1.54, 1.807) is 23.9 Å². The number of rotatable bonds is 4. The van der Waals surface area contributed by atoms with Crippen LogP contribution in [0.25, 0.3) is 11.0 Å². The summed E-state index contributed by atoms with van der Waals surface area (Å²) in [6.45, 7) is 5.26. The van der Waals surface area contributed by atoms with Crippen LogP contribution in [0.4, 0.5) is 5.82 Å². The molecule has 0 unspecified atom stereocenters. The fourth-order valence-electron chi connectivity index (χ4n) is 2.09. The molecule has 3 rings (SSSR count). The first-order valence-electron chi connectivity index (χ1n) is 6.49. The number of pyridine rings is 1. The molecule has 5 heteroatoms. The molecule has 0 radical (unpaired) electrons. The van der Waals surface area contributed by atoms with Crippen LogP contribution in [-0.2, 0) is 5.41 Å². The Balaban J connectivity index is 1.84. The smallest absolute Gasteiger partial charge is 0.164 e. The highest BCUT2D eigenvalue weighted by atomic mass is 32.1. The lowest BCUT2D eigenvalue weighted by atomic mass is 9.86. The summed E-state index contributed by atoms with van der Waals surface area (Å²) >= 11 is 1.73. The monoisotopic (exact) mass is 284 g/mol. The zero-order valence-corrected chi connectivity index (χ0v) is 12.3. The van der Waals surface area contributed by atoms with Crippen molar-refractivity contribution in [2.75, 3.05) is 11.9 Å². The molecule has 102 valence electrons. The van der Waals surface area contributed by atoms with Crippen LogP contribution in [0.1, 0.15) is 19.4 Å². The molecule has 3 aromatic heterocycles. The third kappa shape index (κ3) is 2.49. The Kier molecular flexibility index (Phi) is 3.36. The van der Waals surface area contributed by atoms with E-state index in [1.165, 1.54) is 5.56 Å². The molecule has 3 heterocycles. The largest absolute Gasteiger partial charge is 0.369 e. The molecule has 0 aliphatic heterocycles. The molecule has 0 atom stereocenters. The highest BCUT2D eigenvalue weighted by Gasteiger charge is 2.21. The van der Waals surface area contributed by atoms with Gasteiger partial charge in [0.25, 0.3) is 0 Å². The van der Waals surface area contributed by atoms with Gasteiger partial charge >= 0.3 is 0 Å². The lowest BCUT2D eigenvalue weighted by molar-refractivity contribution is 0.558. The molecule has 0 saturated heterocycles. The van der Waals surface area contributed by atoms with Gasteiger partial charge in [-0.3, -0.25) is 0 Å². The Morgan fingerprint density at radius 2 is 2.10 bits per heavy atom. The van der Waals surface area contributed by atoms with Crippen molar-refractivity contribution in [2.24, 2.45) is 0 Å². The van der Waals surface area contributed by atoms with Crippen molar-refractivity contribution in [1.82, 2.24) is 15.0 Å². The van der Waals surface area contributed by atoms with Crippen LogP contribution in [0.5, 0.6) is 0 Å². The first kappa shape index (κ1) is 13.0. The average Bonchev–Trinajstić information content (AvgIpc) is 3.00. The third-order valence-electron chi connectivity index (χ3n) is 3.41. The molecule has 0 aliphatic rings. The molecule has 20 heavy (non-hydrogen) atoms. The normalized spacial score (nSPS) is 11.7. The van der Waals surface area contributed by atoms with Crippen LogP contribution < -0.4 is 5.32 Å². The number of nitrogens with zero attached hydrogens (tertiary/aromatic N) is 3. The summed E-state index contributed by atoms with van der Waals surface area (Å²) in [5.41, 5.74) is 2.12. The molecule has 0 aliphatic carbocycles. The number of thiophene rings is 1. The summed E-state index contributed by atoms with van der Waals surface area (Å²) in [5, 5.41) is 8.69. The summed E-state index contributed by atoms with van der Waals surface area (Å²) in [6.07, 6.45) is 3.30. The first-order valence-corrected chi connectivity index (χ1v) is 7.43. The minimum atomic E-state index is 0.0550. The maximum absolute atomic E-state index is 4.33. The quantitative estimate of drug-likeness (QED) is 0.797. The molecule has 0 bridgehead atoms. The minimum absolute atomic E-state index is 0.0550. The fraction of sp³-hybridized carbons (Fsp3) is 0.267. The number of hydrogen-bond acceptors (Lipinski definition) is 5. The van der Waals surface area contributed by atoms with E-state index in [-0.39, 0.29) is 5.41 Å². The van der Waals surface area contributed by atoms with Gasteiger partial charge in [-0.25, -0.2) is 15.0 Å². The van der Waals surface area contributed by atoms with E-state index in [0.717, 1.165) is 23.4 Å². The van der Waals surface area contributed by atoms with Gasteiger partial charge < -0.3 is 5.32 Å². The molecular formula is C15H16N4S. The van der Waals surface area contributed by atoms with Gasteiger partial charge in [-0.2, -0.15) is 11.3 Å². The first-order chi connectivity index (χ1) is 9.67. The standard InChI is InChI=1S/C15H16N4S/c1-15(2,11-5-7-20-8-11)9-17-14-12-4-3-6-16-13(12)18-10-19-14/h3-8,10H,9H2,1-2H3,(H,16,17,18,19). The lowest BCUT2D eigenvalue weighted by Gasteiger charge is -2.24. The van der Waals surface area contributed by atoms with Crippen LogP contribution in [0.2, 0.25) is 0 Å². The number of fused-ring (bicyclic) bond motifs is 1. The van der Waals surface area contributed by atoms with Gasteiger partial charge in [-0.05, 0) is 34.5 Å². The zero-order chi connectivity index (χ0) is 14.0. The van der Waals surface area contributed by atoms with E-state index >= 15 is 0 Å². The molecule has 0 amide bonds. The van der Waals surface area contributed by atoms with Crippen molar-refractivity contribution < 1.29 is 0 Å². The van der Waals surface area contributed by atoms with E-state index < -0.39 is 0 Å². The van der Waals surface area contributed by atoms with Gasteiger partial charge in [0.2, 0.25) is 0 Å². The second kappa shape index (κ2) is 5.17. The van der Waals surface area contributed by atoms with Crippen LogP contribution in [0, 0.1) is 0 Å². The van der Waals surface area contributed by atoms with Gasteiger partial charge in [0.1, 0.15) is 12.1 Å². The highest BCUT2D eigenvalue weighted by molar-refractivity contribution is 7.08. The molecule has 0 fully saturated rings. The number of nitrogens with one attached hydrogen (secondary N) is 1. The number of aromatic nitrogens is 3. The average molecular weight is 284 g/mol. The summed E-state index contributed by atoms with van der Waals surface area (Å²) < 4.78 is 0. The van der Waals surface area contributed by atoms with E-state index in [0.29, 0.717) is 0 Å². The maximum Gasteiger partial charge on any atom is 0.164 e. The Labute approximate surface area is 121 Å². The Hall–Kier alpha value is -2.01. The Morgan fingerprint density at radius 3 is 2.90 bits per heavy atom. The SMILES string of the molecule is CC(C)(CNc1ncnc2ncccc12)c1ccsc1. The van der Waals surface area contributed by atoms with E-state index in [9.17, 15) is 0 Å². The van der Waals surface area contributed by atoms with E-state index in [2.05, 4.69) is 50.9 Å². The summed E-state index contributed by atoms with van der Waals surface area (Å²) in [5.74, 6) is 0.839. The molecular weight excluding hydrogens is 268 g/mol. The number of hydrogen-bond donors (Lipinski definition) is 1. The van der Waals surface area contributed by atoms with Gasteiger partial charge in [0, 0.05) is 18.2 Å². The van der Waals surface area contributed by atoms with E-state index in [4.69, 9.17) is 0 Å². The molecule has 0 aromatic carbocycles. The Bertz CT molecular complexity index is 701. The van der Waals surface area contributed by atoms with Crippen molar-refractivity contribution in [3.05, 3.63) is 47.0 Å². The third-order valence-corrected chi connectivity index (χ3v) is 4.09. The van der Waals surface area contributed by atoms with Crippen LogP contribution in [-0.4, -0.2) is 21.5 Å². The molecule has 4 nitrogen and oxygen atoms in total. The zero-order valence-electron chi connectivity index (χ0n) is 11.5. The van der Waals surface area contributed by atoms with Crippen molar-refractivity contribution in [3.63, 3.8) is 0 Å². The van der Waals surface area contributed by atoms with Crippen molar-refractivity contribution in [2.45, 2.75) is 19.3 Å². The number of anilines is 1. The molecule has 3 aromatic rings. The summed E-state index contributed by atoms with van der Waals surface area (Å²) in [4.78, 5) is 12.8. The lowest BCUT2D eigenvalue weighted by Crippen LogP contribution is -2.27. The molecule has 1 N–H and O–H groups in total. The highest BCUT2D eigenvalue weighted by Crippen LogP contribution is 2.26. The second-order valence-corrected chi connectivity index (χ2v) is 6.13. The molecule has 0 spiro atoms. The predicted octanol–water partition coefficient (Wildman–Crippen LogP) is 3.48. The van der Waals surface area contributed by atoms with Crippen LogP contribution >= 0.6 is 11.3 Å². The Morgan fingerprint density at radius 1 is 1.20 bits per heavy atom. The van der Waals surface area contributed by atoms with Crippen molar-refractivity contribution in [1.29, 1.82) is 0 Å². The van der Waals surface area contributed by atoms with Gasteiger partial charge in [-0.1, -0.05) is 13.8 Å². The van der Waals surface area contributed by atoms with E-state index in [1.807, 2.05) is 12.1 Å². The summed E-state index contributed by atoms with van der Waals surface area (Å²) in [7, 11) is 0. The van der Waals surface area contributed by atoms with Crippen molar-refractivity contribution in [3.8, 4) is 0 Å². The summed E-state index contributed by atoms with van der Waals surface area (Å²) in [6, 6.07) is 6.06. The van der Waals surface area contributed by atoms with Gasteiger partial charge in [0.05, 0.1) is 5.39 Å².